The van der Waals surface area contributed by atoms with Crippen molar-refractivity contribution in [3.8, 4) is 5.75 Å². The third-order valence-corrected chi connectivity index (χ3v) is 4.89. The van der Waals surface area contributed by atoms with Crippen molar-refractivity contribution in [1.29, 1.82) is 0 Å². The molecule has 2 nitrogen and oxygen atoms in total. The van der Waals surface area contributed by atoms with Gasteiger partial charge >= 0.3 is 0 Å². The van der Waals surface area contributed by atoms with E-state index in [1.165, 1.54) is 0 Å². The Morgan fingerprint density at radius 1 is 1.00 bits per heavy atom. The average molecular weight is 357 g/mol. The molecule has 1 unspecified atom stereocenters. The molecule has 0 spiro atoms. The lowest BCUT2D eigenvalue weighted by atomic mass is 9.92. The summed E-state index contributed by atoms with van der Waals surface area (Å²) in [6, 6.07) is 13.2. The first-order valence-electron chi connectivity index (χ1n) is 7.20. The zero-order valence-electron chi connectivity index (χ0n) is 11.9. The molecule has 0 aromatic heterocycles. The van der Waals surface area contributed by atoms with E-state index in [9.17, 15) is 0 Å². The van der Waals surface area contributed by atoms with Crippen molar-refractivity contribution in [3.63, 3.8) is 0 Å². The van der Waals surface area contributed by atoms with Gasteiger partial charge in [-0.25, -0.2) is 0 Å². The van der Waals surface area contributed by atoms with Crippen molar-refractivity contribution in [2.75, 3.05) is 13.1 Å². The van der Waals surface area contributed by atoms with E-state index in [0.29, 0.717) is 26.7 Å². The van der Waals surface area contributed by atoms with E-state index in [2.05, 4.69) is 5.32 Å². The molecule has 0 saturated carbocycles. The maximum atomic E-state index is 6.21. The number of ether oxygens (including phenoxy) is 1. The summed E-state index contributed by atoms with van der Waals surface area (Å²) >= 11 is 18.4. The average Bonchev–Trinajstić information content (AvgIpc) is 2.46. The molecule has 3 rings (SSSR count). The summed E-state index contributed by atoms with van der Waals surface area (Å²) in [6.07, 6.45) is 0.817. The minimum atomic E-state index is -0.0956. The number of halogens is 3. The lowest BCUT2D eigenvalue weighted by Gasteiger charge is -2.31. The molecule has 116 valence electrons. The summed E-state index contributed by atoms with van der Waals surface area (Å²) in [6.45, 7) is 2.04. The number of rotatable bonds is 5. The monoisotopic (exact) mass is 355 g/mol. The smallest absolute Gasteiger partial charge is 0.138 e. The number of benzene rings is 2. The third-order valence-electron chi connectivity index (χ3n) is 3.83. The Balaban J connectivity index is 1.85. The molecule has 1 N–H and O–H groups in total. The first kappa shape index (κ1) is 15.9. The highest BCUT2D eigenvalue weighted by atomic mass is 35.5. The molecule has 22 heavy (non-hydrogen) atoms. The van der Waals surface area contributed by atoms with Crippen LogP contribution in [0.4, 0.5) is 0 Å². The molecule has 1 aliphatic rings. The Bertz CT molecular complexity index is 658. The lowest BCUT2D eigenvalue weighted by molar-refractivity contribution is 0.149. The standard InChI is InChI=1S/C17H16Cl3NO/c18-13-6-5-12(8-15(13)20)17(7-11-9-21-10-11)22-16-4-2-1-3-14(16)19/h1-6,8,11,17,21H,7,9-10H2. The van der Waals surface area contributed by atoms with Crippen LogP contribution in [0.15, 0.2) is 42.5 Å². The van der Waals surface area contributed by atoms with Crippen LogP contribution >= 0.6 is 34.8 Å². The first-order valence-corrected chi connectivity index (χ1v) is 8.33. The van der Waals surface area contributed by atoms with Crippen LogP contribution in [-0.4, -0.2) is 13.1 Å². The van der Waals surface area contributed by atoms with Crippen LogP contribution in [0.3, 0.4) is 0 Å². The second kappa shape index (κ2) is 7.10. The van der Waals surface area contributed by atoms with Crippen molar-refractivity contribution < 1.29 is 4.74 Å². The molecule has 0 radical (unpaired) electrons. The van der Waals surface area contributed by atoms with Crippen LogP contribution < -0.4 is 10.1 Å². The van der Waals surface area contributed by atoms with Crippen molar-refractivity contribution in [3.05, 3.63) is 63.1 Å². The predicted molar refractivity (Wildman–Crippen MR) is 92.3 cm³/mol. The van der Waals surface area contributed by atoms with Gasteiger partial charge in [0, 0.05) is 0 Å². The molecule has 1 fully saturated rings. The van der Waals surface area contributed by atoms with E-state index in [4.69, 9.17) is 39.5 Å². The molecule has 0 amide bonds. The van der Waals surface area contributed by atoms with Gasteiger partial charge in [0.2, 0.25) is 0 Å². The van der Waals surface area contributed by atoms with Crippen LogP contribution in [0.25, 0.3) is 0 Å². The number of nitrogens with one attached hydrogen (secondary N) is 1. The topological polar surface area (TPSA) is 21.3 Å². The highest BCUT2D eigenvalue weighted by Gasteiger charge is 2.25. The van der Waals surface area contributed by atoms with E-state index in [1.807, 2.05) is 36.4 Å². The van der Waals surface area contributed by atoms with Crippen molar-refractivity contribution in [2.45, 2.75) is 12.5 Å². The Hall–Kier alpha value is -0.930. The van der Waals surface area contributed by atoms with Crippen LogP contribution in [0, 0.1) is 5.92 Å². The molecular formula is C17H16Cl3NO. The largest absolute Gasteiger partial charge is 0.484 e. The van der Waals surface area contributed by atoms with Gasteiger partial charge < -0.3 is 10.1 Å². The van der Waals surface area contributed by atoms with E-state index >= 15 is 0 Å². The van der Waals surface area contributed by atoms with Gasteiger partial charge in [0.1, 0.15) is 11.9 Å². The summed E-state index contributed by atoms with van der Waals surface area (Å²) in [7, 11) is 0. The molecular weight excluding hydrogens is 341 g/mol. The van der Waals surface area contributed by atoms with E-state index in [1.54, 1.807) is 6.07 Å². The second-order valence-corrected chi connectivity index (χ2v) is 6.69. The molecule has 1 aliphatic heterocycles. The minimum absolute atomic E-state index is 0.0956. The van der Waals surface area contributed by atoms with Gasteiger partial charge in [-0.3, -0.25) is 0 Å². The number of para-hydroxylation sites is 1. The summed E-state index contributed by atoms with van der Waals surface area (Å²) in [4.78, 5) is 0. The van der Waals surface area contributed by atoms with Crippen LogP contribution in [0.5, 0.6) is 5.75 Å². The Labute approximate surface area is 145 Å². The predicted octanol–water partition coefficient (Wildman–Crippen LogP) is 5.38. The fourth-order valence-corrected chi connectivity index (χ4v) is 2.96. The SMILES string of the molecule is Clc1ccc(C(CC2CNC2)Oc2ccccc2Cl)cc1Cl. The quantitative estimate of drug-likeness (QED) is 0.777. The van der Waals surface area contributed by atoms with Gasteiger partial charge in [-0.15, -0.1) is 0 Å². The normalized spacial score (nSPS) is 16.1. The number of hydrogen-bond donors (Lipinski definition) is 1. The van der Waals surface area contributed by atoms with E-state index in [0.717, 1.165) is 25.1 Å². The fraction of sp³-hybridized carbons (Fsp3) is 0.294. The van der Waals surface area contributed by atoms with Crippen LogP contribution in [0.2, 0.25) is 15.1 Å². The van der Waals surface area contributed by atoms with Gasteiger partial charge in [-0.2, -0.15) is 0 Å². The molecule has 1 atom stereocenters. The van der Waals surface area contributed by atoms with Gasteiger partial charge in [0.25, 0.3) is 0 Å². The molecule has 2 aromatic rings. The highest BCUT2D eigenvalue weighted by molar-refractivity contribution is 6.42. The first-order chi connectivity index (χ1) is 10.6. The van der Waals surface area contributed by atoms with E-state index in [-0.39, 0.29) is 6.10 Å². The molecule has 5 heteroatoms. The molecule has 2 aromatic carbocycles. The molecule has 0 bridgehead atoms. The molecule has 0 aliphatic carbocycles. The Morgan fingerprint density at radius 3 is 2.41 bits per heavy atom. The van der Waals surface area contributed by atoms with Crippen molar-refractivity contribution in [1.82, 2.24) is 5.32 Å². The lowest BCUT2D eigenvalue weighted by Crippen LogP contribution is -2.43. The zero-order valence-corrected chi connectivity index (χ0v) is 14.1. The Morgan fingerprint density at radius 2 is 1.77 bits per heavy atom. The van der Waals surface area contributed by atoms with Crippen molar-refractivity contribution >= 4 is 34.8 Å². The van der Waals surface area contributed by atoms with Gasteiger partial charge in [0.15, 0.2) is 0 Å². The maximum Gasteiger partial charge on any atom is 0.138 e. The van der Waals surface area contributed by atoms with Crippen LogP contribution in [0.1, 0.15) is 18.1 Å². The second-order valence-electron chi connectivity index (χ2n) is 5.47. The molecule has 1 heterocycles. The summed E-state index contributed by atoms with van der Waals surface area (Å²) in [5.41, 5.74) is 1.02. The minimum Gasteiger partial charge on any atom is -0.484 e. The third kappa shape index (κ3) is 3.69. The molecule has 1 saturated heterocycles. The van der Waals surface area contributed by atoms with Gasteiger partial charge in [0.05, 0.1) is 15.1 Å². The summed E-state index contributed by atoms with van der Waals surface area (Å²) in [5.74, 6) is 1.29. The zero-order chi connectivity index (χ0) is 15.5. The van der Waals surface area contributed by atoms with Gasteiger partial charge in [-0.1, -0.05) is 53.0 Å². The van der Waals surface area contributed by atoms with Crippen molar-refractivity contribution in [2.24, 2.45) is 5.92 Å². The van der Waals surface area contributed by atoms with Gasteiger partial charge in [-0.05, 0) is 55.3 Å². The van der Waals surface area contributed by atoms with Crippen LogP contribution in [-0.2, 0) is 0 Å². The Kier molecular flexibility index (Phi) is 5.14. The highest BCUT2D eigenvalue weighted by Crippen LogP contribution is 2.35. The van der Waals surface area contributed by atoms with E-state index < -0.39 is 0 Å². The number of hydrogen-bond acceptors (Lipinski definition) is 2. The summed E-state index contributed by atoms with van der Waals surface area (Å²) < 4.78 is 6.17. The maximum absolute atomic E-state index is 6.21. The fourth-order valence-electron chi connectivity index (χ4n) is 2.48. The summed E-state index contributed by atoms with van der Waals surface area (Å²) in [5, 5.41) is 4.98.